The zero-order valence-corrected chi connectivity index (χ0v) is 17.4. The number of nitrogens with one attached hydrogen (secondary N) is 1. The van der Waals surface area contributed by atoms with Crippen LogP contribution in [0, 0.1) is 18.8 Å². The van der Waals surface area contributed by atoms with Gasteiger partial charge in [-0.1, -0.05) is 6.92 Å². The van der Waals surface area contributed by atoms with E-state index in [-0.39, 0.29) is 30.7 Å². The lowest BCUT2D eigenvalue weighted by atomic mass is 9.77. The number of likely N-dealkylation sites (N-methyl/N-ethyl adjacent to an activating group) is 1. The maximum atomic E-state index is 12.4. The Bertz CT molecular complexity index is 689. The van der Waals surface area contributed by atoms with Gasteiger partial charge in [0.25, 0.3) is 0 Å². The summed E-state index contributed by atoms with van der Waals surface area (Å²) in [5.74, 6) is 0.801. The van der Waals surface area contributed by atoms with Gasteiger partial charge < -0.3 is 19.9 Å². The Kier molecular flexibility index (Phi) is 6.59. The van der Waals surface area contributed by atoms with Crippen LogP contribution in [-0.4, -0.2) is 78.0 Å². The van der Waals surface area contributed by atoms with Gasteiger partial charge in [-0.25, -0.2) is 4.79 Å². The Morgan fingerprint density at radius 3 is 2.61 bits per heavy atom. The van der Waals surface area contributed by atoms with Crippen molar-refractivity contribution in [2.75, 3.05) is 40.3 Å². The van der Waals surface area contributed by atoms with Crippen LogP contribution in [0.15, 0.2) is 12.4 Å². The van der Waals surface area contributed by atoms with Crippen molar-refractivity contribution in [3.8, 4) is 0 Å². The van der Waals surface area contributed by atoms with Crippen LogP contribution in [0.3, 0.4) is 0 Å². The molecule has 1 aliphatic heterocycles. The Morgan fingerprint density at radius 2 is 2.00 bits per heavy atom. The molecule has 2 heterocycles. The molecule has 1 saturated carbocycles. The van der Waals surface area contributed by atoms with E-state index in [2.05, 4.69) is 17.3 Å². The van der Waals surface area contributed by atoms with Crippen molar-refractivity contribution in [2.24, 2.45) is 11.8 Å². The van der Waals surface area contributed by atoms with Gasteiger partial charge in [0, 0.05) is 39.9 Å². The summed E-state index contributed by atoms with van der Waals surface area (Å²) in [6.07, 6.45) is 6.49. The Morgan fingerprint density at radius 1 is 1.29 bits per heavy atom. The first kappa shape index (κ1) is 20.6. The first-order chi connectivity index (χ1) is 13.4. The molecular weight excluding hydrogens is 358 g/mol. The molecule has 8 nitrogen and oxygen atoms in total. The summed E-state index contributed by atoms with van der Waals surface area (Å²) in [5.41, 5.74) is 1.11. The van der Waals surface area contributed by atoms with E-state index in [0.29, 0.717) is 18.4 Å². The maximum absolute atomic E-state index is 12.4. The average molecular weight is 392 g/mol. The molecule has 4 atom stereocenters. The van der Waals surface area contributed by atoms with E-state index in [9.17, 15) is 9.59 Å². The van der Waals surface area contributed by atoms with Crippen LogP contribution in [0.1, 0.15) is 37.8 Å². The van der Waals surface area contributed by atoms with Crippen LogP contribution in [0.5, 0.6) is 0 Å². The third kappa shape index (κ3) is 4.66. The lowest BCUT2D eigenvalue weighted by Gasteiger charge is -2.37. The van der Waals surface area contributed by atoms with Gasteiger partial charge in [0.2, 0.25) is 5.91 Å². The number of ether oxygens (including phenoxy) is 1. The second kappa shape index (κ2) is 8.94. The highest BCUT2D eigenvalue weighted by Gasteiger charge is 2.45. The molecule has 8 heteroatoms. The fourth-order valence-corrected chi connectivity index (χ4v) is 4.28. The smallest absolute Gasteiger partial charge is 0.317 e. The lowest BCUT2D eigenvalue weighted by Crippen LogP contribution is -2.40. The number of rotatable bonds is 6. The van der Waals surface area contributed by atoms with E-state index in [1.807, 2.05) is 28.9 Å². The number of carbonyl (C=O) groups is 2. The van der Waals surface area contributed by atoms with Crippen molar-refractivity contribution in [2.45, 2.75) is 45.3 Å². The molecule has 1 N–H and O–H groups in total. The fourth-order valence-electron chi connectivity index (χ4n) is 4.28. The van der Waals surface area contributed by atoms with Gasteiger partial charge >= 0.3 is 6.03 Å². The van der Waals surface area contributed by atoms with Gasteiger partial charge in [0.05, 0.1) is 18.3 Å². The van der Waals surface area contributed by atoms with Gasteiger partial charge in [0.15, 0.2) is 0 Å². The predicted molar refractivity (Wildman–Crippen MR) is 106 cm³/mol. The van der Waals surface area contributed by atoms with Crippen molar-refractivity contribution >= 4 is 11.9 Å². The molecule has 156 valence electrons. The number of urea groups is 1. The van der Waals surface area contributed by atoms with Crippen LogP contribution in [0.25, 0.3) is 0 Å². The Hall–Kier alpha value is -2.09. The molecule has 0 bridgehead atoms. The van der Waals surface area contributed by atoms with Crippen molar-refractivity contribution in [3.63, 3.8) is 0 Å². The number of carbonyl (C=O) groups excluding carboxylic acids is 2. The molecule has 2 fully saturated rings. The van der Waals surface area contributed by atoms with E-state index in [4.69, 9.17) is 4.74 Å². The summed E-state index contributed by atoms with van der Waals surface area (Å²) in [5, 5.41) is 7.49. The molecule has 1 saturated heterocycles. The van der Waals surface area contributed by atoms with E-state index < -0.39 is 0 Å². The normalized spacial score (nSPS) is 26.8. The molecular formula is C20H33N5O3. The summed E-state index contributed by atoms with van der Waals surface area (Å²) in [4.78, 5) is 27.9. The number of fused-ring (bicyclic) bond motifs is 1. The van der Waals surface area contributed by atoms with Gasteiger partial charge in [-0.2, -0.15) is 5.10 Å². The molecule has 0 unspecified atom stereocenters. The zero-order chi connectivity index (χ0) is 20.3. The predicted octanol–water partition coefficient (Wildman–Crippen LogP) is 1.67. The van der Waals surface area contributed by atoms with E-state index in [1.165, 1.54) is 0 Å². The first-order valence-corrected chi connectivity index (χ1v) is 10.2. The van der Waals surface area contributed by atoms with Crippen molar-refractivity contribution in [1.82, 2.24) is 24.9 Å². The van der Waals surface area contributed by atoms with Crippen molar-refractivity contribution in [1.29, 1.82) is 0 Å². The molecule has 0 aromatic carbocycles. The topological polar surface area (TPSA) is 79.7 Å². The average Bonchev–Trinajstić information content (AvgIpc) is 3.28. The van der Waals surface area contributed by atoms with E-state index >= 15 is 0 Å². The first-order valence-electron chi connectivity index (χ1n) is 10.2. The number of likely N-dealkylation sites (tertiary alicyclic amines) is 1. The molecule has 0 spiro atoms. The molecule has 0 radical (unpaired) electrons. The molecule has 3 rings (SSSR count). The Balaban J connectivity index is 1.70. The molecule has 28 heavy (non-hydrogen) atoms. The largest absolute Gasteiger partial charge is 0.366 e. The van der Waals surface area contributed by atoms with Gasteiger partial charge in [0.1, 0.15) is 6.61 Å². The molecule has 1 aromatic heterocycles. The zero-order valence-electron chi connectivity index (χ0n) is 17.4. The number of hydrogen-bond donors (Lipinski definition) is 1. The van der Waals surface area contributed by atoms with Crippen LogP contribution in [0.4, 0.5) is 4.79 Å². The van der Waals surface area contributed by atoms with Crippen LogP contribution < -0.4 is 5.32 Å². The number of aryl methyl sites for hydroxylation is 1. The SMILES string of the molecule is CCCNC(=O)N1C[C@H]2C[C@H](OCC(=O)N(C)C)[C@@H](n3cc(C)cn3)C[C@H]2C1. The highest BCUT2D eigenvalue weighted by Crippen LogP contribution is 2.42. The minimum absolute atomic E-state index is 0.0305. The van der Waals surface area contributed by atoms with Gasteiger partial charge in [-0.05, 0) is 43.6 Å². The van der Waals surface area contributed by atoms with Crippen molar-refractivity contribution < 1.29 is 14.3 Å². The minimum Gasteiger partial charge on any atom is -0.366 e. The monoisotopic (exact) mass is 391 g/mol. The second-order valence-corrected chi connectivity index (χ2v) is 8.33. The summed E-state index contributed by atoms with van der Waals surface area (Å²) < 4.78 is 8.06. The minimum atomic E-state index is -0.0805. The third-order valence-electron chi connectivity index (χ3n) is 5.89. The summed E-state index contributed by atoms with van der Waals surface area (Å²) in [7, 11) is 3.47. The highest BCUT2D eigenvalue weighted by atomic mass is 16.5. The van der Waals surface area contributed by atoms with Crippen molar-refractivity contribution in [3.05, 3.63) is 18.0 Å². The summed E-state index contributed by atoms with van der Waals surface area (Å²) >= 11 is 0. The standard InChI is InChI=1S/C20H33N5O3/c1-5-6-21-20(27)24-11-15-7-17(25-10-14(2)9-22-25)18(8-16(15)12-24)28-13-19(26)23(3)4/h9-10,15-18H,5-8,11-13H2,1-4H3,(H,21,27)/t15-,16+,17-,18-/m0/s1. The maximum Gasteiger partial charge on any atom is 0.317 e. The molecule has 1 aliphatic carbocycles. The highest BCUT2D eigenvalue weighted by molar-refractivity contribution is 5.76. The number of hydrogen-bond acceptors (Lipinski definition) is 4. The van der Waals surface area contributed by atoms with E-state index in [1.54, 1.807) is 19.0 Å². The number of aromatic nitrogens is 2. The van der Waals surface area contributed by atoms with Crippen LogP contribution in [0.2, 0.25) is 0 Å². The van der Waals surface area contributed by atoms with Gasteiger partial charge in [-0.15, -0.1) is 0 Å². The summed E-state index contributed by atoms with van der Waals surface area (Å²) in [6.45, 7) is 6.39. The second-order valence-electron chi connectivity index (χ2n) is 8.33. The Labute approximate surface area is 167 Å². The molecule has 3 amide bonds. The summed E-state index contributed by atoms with van der Waals surface area (Å²) in [6, 6.07) is 0.117. The molecule has 1 aromatic rings. The van der Waals surface area contributed by atoms with Crippen LogP contribution in [-0.2, 0) is 9.53 Å². The lowest BCUT2D eigenvalue weighted by molar-refractivity contribution is -0.138. The van der Waals surface area contributed by atoms with Gasteiger partial charge in [-0.3, -0.25) is 9.48 Å². The fraction of sp³-hybridized carbons (Fsp3) is 0.750. The number of nitrogens with zero attached hydrogens (tertiary/aromatic N) is 4. The third-order valence-corrected chi connectivity index (χ3v) is 5.89. The quantitative estimate of drug-likeness (QED) is 0.800. The van der Waals surface area contributed by atoms with E-state index in [0.717, 1.165) is 37.9 Å². The molecule has 2 aliphatic rings. The number of amides is 3. The van der Waals surface area contributed by atoms with Crippen LogP contribution >= 0.6 is 0 Å².